The summed E-state index contributed by atoms with van der Waals surface area (Å²) in [4.78, 5) is 0. The summed E-state index contributed by atoms with van der Waals surface area (Å²) >= 11 is 5.90. The lowest BCUT2D eigenvalue weighted by Crippen LogP contribution is -2.18. The van der Waals surface area contributed by atoms with Gasteiger partial charge in [-0.05, 0) is 42.8 Å². The molecule has 0 amide bonds. The van der Waals surface area contributed by atoms with Crippen molar-refractivity contribution in [3.05, 3.63) is 59.1 Å². The Morgan fingerprint density at radius 1 is 1.05 bits per heavy atom. The molecule has 0 aliphatic heterocycles. The Morgan fingerprint density at radius 3 is 2.45 bits per heavy atom. The lowest BCUT2D eigenvalue weighted by Gasteiger charge is -2.14. The van der Waals surface area contributed by atoms with Crippen LogP contribution in [0.2, 0.25) is 5.02 Å². The number of ether oxygens (including phenoxy) is 2. The Kier molecular flexibility index (Phi) is 5.27. The average molecular weight is 292 g/mol. The Bertz CT molecular complexity index is 542. The summed E-state index contributed by atoms with van der Waals surface area (Å²) in [6.45, 7) is 3.01. The molecule has 1 unspecified atom stereocenters. The highest BCUT2D eigenvalue weighted by Gasteiger charge is 2.07. The van der Waals surface area contributed by atoms with E-state index in [1.807, 2.05) is 43.3 Å². The van der Waals surface area contributed by atoms with Gasteiger partial charge in [0.2, 0.25) is 0 Å². The standard InChI is InChI=1S/C16H18ClNO2/c1-2-19-14-8-6-12(7-9-14)16(18)11-20-15-5-3-4-13(17)10-15/h3-10,16H,2,11,18H2,1H3. The van der Waals surface area contributed by atoms with Crippen molar-refractivity contribution in [1.29, 1.82) is 0 Å². The summed E-state index contributed by atoms with van der Waals surface area (Å²) in [6.07, 6.45) is 0. The molecule has 1 atom stereocenters. The number of halogens is 1. The number of hydrogen-bond donors (Lipinski definition) is 1. The van der Waals surface area contributed by atoms with E-state index in [4.69, 9.17) is 26.8 Å². The Balaban J connectivity index is 1.92. The molecule has 2 aromatic rings. The van der Waals surface area contributed by atoms with Crippen molar-refractivity contribution in [3.63, 3.8) is 0 Å². The molecule has 0 aromatic heterocycles. The third-order valence-corrected chi connectivity index (χ3v) is 3.08. The SMILES string of the molecule is CCOc1ccc(C(N)COc2cccc(Cl)c2)cc1. The van der Waals surface area contributed by atoms with Crippen molar-refractivity contribution < 1.29 is 9.47 Å². The Hall–Kier alpha value is -1.71. The summed E-state index contributed by atoms with van der Waals surface area (Å²) in [5, 5.41) is 0.650. The van der Waals surface area contributed by atoms with Crippen molar-refractivity contribution in [2.75, 3.05) is 13.2 Å². The van der Waals surface area contributed by atoms with Crippen LogP contribution in [-0.4, -0.2) is 13.2 Å². The van der Waals surface area contributed by atoms with Gasteiger partial charge >= 0.3 is 0 Å². The molecule has 0 radical (unpaired) electrons. The van der Waals surface area contributed by atoms with Gasteiger partial charge in [0.15, 0.2) is 0 Å². The fourth-order valence-corrected chi connectivity index (χ4v) is 2.00. The molecular formula is C16H18ClNO2. The third-order valence-electron chi connectivity index (χ3n) is 2.84. The maximum Gasteiger partial charge on any atom is 0.120 e. The molecule has 0 spiro atoms. The molecule has 2 rings (SSSR count). The van der Waals surface area contributed by atoms with Crippen LogP contribution in [0.4, 0.5) is 0 Å². The van der Waals surface area contributed by atoms with Crippen molar-refractivity contribution in [1.82, 2.24) is 0 Å². The molecule has 0 saturated carbocycles. The summed E-state index contributed by atoms with van der Waals surface area (Å²) in [7, 11) is 0. The van der Waals surface area contributed by atoms with Crippen LogP contribution in [-0.2, 0) is 0 Å². The molecule has 0 fully saturated rings. The van der Waals surface area contributed by atoms with E-state index in [0.717, 1.165) is 17.1 Å². The quantitative estimate of drug-likeness (QED) is 0.880. The third kappa shape index (κ3) is 4.15. The summed E-state index contributed by atoms with van der Waals surface area (Å²) in [5.41, 5.74) is 7.12. The van der Waals surface area contributed by atoms with E-state index in [1.54, 1.807) is 12.1 Å². The molecule has 20 heavy (non-hydrogen) atoms. The molecule has 0 aliphatic rings. The summed E-state index contributed by atoms with van der Waals surface area (Å²) < 4.78 is 11.0. The second kappa shape index (κ2) is 7.17. The average Bonchev–Trinajstić information content (AvgIpc) is 2.46. The van der Waals surface area contributed by atoms with Gasteiger partial charge in [-0.15, -0.1) is 0 Å². The van der Waals surface area contributed by atoms with Crippen LogP contribution in [0.1, 0.15) is 18.5 Å². The van der Waals surface area contributed by atoms with E-state index in [2.05, 4.69) is 0 Å². The zero-order valence-electron chi connectivity index (χ0n) is 11.4. The summed E-state index contributed by atoms with van der Waals surface area (Å²) in [5.74, 6) is 1.57. The van der Waals surface area contributed by atoms with Gasteiger partial charge in [-0.2, -0.15) is 0 Å². The minimum atomic E-state index is -0.190. The molecule has 4 heteroatoms. The highest BCUT2D eigenvalue weighted by atomic mass is 35.5. The van der Waals surface area contributed by atoms with Gasteiger partial charge < -0.3 is 15.2 Å². The molecule has 2 N–H and O–H groups in total. The summed E-state index contributed by atoms with van der Waals surface area (Å²) in [6, 6.07) is 14.8. The van der Waals surface area contributed by atoms with Crippen LogP contribution < -0.4 is 15.2 Å². The predicted octanol–water partition coefficient (Wildman–Crippen LogP) is 3.82. The number of hydrogen-bond acceptors (Lipinski definition) is 3. The van der Waals surface area contributed by atoms with E-state index >= 15 is 0 Å². The van der Waals surface area contributed by atoms with Crippen molar-refractivity contribution in [2.45, 2.75) is 13.0 Å². The molecule has 3 nitrogen and oxygen atoms in total. The molecular weight excluding hydrogens is 274 g/mol. The van der Waals surface area contributed by atoms with Crippen LogP contribution in [0, 0.1) is 0 Å². The maximum absolute atomic E-state index is 6.11. The topological polar surface area (TPSA) is 44.5 Å². The molecule has 0 aliphatic carbocycles. The normalized spacial score (nSPS) is 11.9. The first kappa shape index (κ1) is 14.7. The lowest BCUT2D eigenvalue weighted by atomic mass is 10.1. The monoisotopic (exact) mass is 291 g/mol. The minimum absolute atomic E-state index is 0.190. The zero-order valence-corrected chi connectivity index (χ0v) is 12.1. The van der Waals surface area contributed by atoms with Crippen LogP contribution in [0.15, 0.2) is 48.5 Å². The first-order chi connectivity index (χ1) is 9.69. The molecule has 0 heterocycles. The largest absolute Gasteiger partial charge is 0.494 e. The van der Waals surface area contributed by atoms with E-state index in [-0.39, 0.29) is 6.04 Å². The Labute approximate surface area is 124 Å². The van der Waals surface area contributed by atoms with Gasteiger partial charge in [0.25, 0.3) is 0 Å². The zero-order chi connectivity index (χ0) is 14.4. The smallest absolute Gasteiger partial charge is 0.120 e. The van der Waals surface area contributed by atoms with Gasteiger partial charge in [-0.1, -0.05) is 29.8 Å². The minimum Gasteiger partial charge on any atom is -0.494 e. The maximum atomic E-state index is 6.11. The number of benzene rings is 2. The molecule has 106 valence electrons. The molecule has 2 aromatic carbocycles. The number of rotatable bonds is 6. The van der Waals surface area contributed by atoms with E-state index in [0.29, 0.717) is 18.2 Å². The number of nitrogens with two attached hydrogens (primary N) is 1. The lowest BCUT2D eigenvalue weighted by molar-refractivity contribution is 0.290. The second-order valence-electron chi connectivity index (χ2n) is 4.38. The van der Waals surface area contributed by atoms with Crippen LogP contribution in [0.25, 0.3) is 0 Å². The van der Waals surface area contributed by atoms with E-state index in [1.165, 1.54) is 0 Å². The van der Waals surface area contributed by atoms with Crippen LogP contribution in [0.5, 0.6) is 11.5 Å². The second-order valence-corrected chi connectivity index (χ2v) is 4.81. The van der Waals surface area contributed by atoms with Crippen molar-refractivity contribution in [3.8, 4) is 11.5 Å². The van der Waals surface area contributed by atoms with Gasteiger partial charge in [0.05, 0.1) is 12.6 Å². The van der Waals surface area contributed by atoms with E-state index < -0.39 is 0 Å². The van der Waals surface area contributed by atoms with Crippen LogP contribution >= 0.6 is 11.6 Å². The highest BCUT2D eigenvalue weighted by molar-refractivity contribution is 6.30. The fraction of sp³-hybridized carbons (Fsp3) is 0.250. The van der Waals surface area contributed by atoms with Crippen molar-refractivity contribution in [2.24, 2.45) is 5.73 Å². The molecule has 0 saturated heterocycles. The first-order valence-electron chi connectivity index (χ1n) is 6.55. The first-order valence-corrected chi connectivity index (χ1v) is 6.93. The molecule has 0 bridgehead atoms. The van der Waals surface area contributed by atoms with E-state index in [9.17, 15) is 0 Å². The highest BCUT2D eigenvalue weighted by Crippen LogP contribution is 2.20. The van der Waals surface area contributed by atoms with Gasteiger partial charge in [0, 0.05) is 5.02 Å². The van der Waals surface area contributed by atoms with Gasteiger partial charge in [-0.25, -0.2) is 0 Å². The predicted molar refractivity (Wildman–Crippen MR) is 81.5 cm³/mol. The van der Waals surface area contributed by atoms with Gasteiger partial charge in [0.1, 0.15) is 18.1 Å². The fourth-order valence-electron chi connectivity index (χ4n) is 1.82. The van der Waals surface area contributed by atoms with Crippen LogP contribution in [0.3, 0.4) is 0 Å². The Morgan fingerprint density at radius 2 is 1.80 bits per heavy atom. The van der Waals surface area contributed by atoms with Crippen molar-refractivity contribution >= 4 is 11.6 Å². The van der Waals surface area contributed by atoms with Gasteiger partial charge in [-0.3, -0.25) is 0 Å².